The number of pyridine rings is 1. The van der Waals surface area contributed by atoms with Gasteiger partial charge in [0.25, 0.3) is 0 Å². The van der Waals surface area contributed by atoms with Crippen LogP contribution in [0.2, 0.25) is 0 Å². The highest BCUT2D eigenvalue weighted by Gasteiger charge is 2.31. The average molecular weight is 512 g/mol. The number of aromatic nitrogens is 1. The van der Waals surface area contributed by atoms with Gasteiger partial charge < -0.3 is 9.84 Å². The van der Waals surface area contributed by atoms with Crippen LogP contribution in [0.25, 0.3) is 0 Å². The van der Waals surface area contributed by atoms with Gasteiger partial charge in [0.15, 0.2) is 4.69 Å². The number of nitrogens with zero attached hydrogens (tertiary/aromatic N) is 3. The molecule has 0 saturated heterocycles. The van der Waals surface area contributed by atoms with Gasteiger partial charge in [0.2, 0.25) is 5.88 Å². The molecule has 7 heteroatoms. The Bertz CT molecular complexity index is 1060. The van der Waals surface area contributed by atoms with E-state index in [1.165, 1.54) is 25.8 Å². The first-order valence-corrected chi connectivity index (χ1v) is 11.8. The Kier molecular flexibility index (Phi) is 9.58. The third-order valence-electron chi connectivity index (χ3n) is 5.53. The van der Waals surface area contributed by atoms with E-state index in [9.17, 15) is 20.4 Å². The van der Waals surface area contributed by atoms with Gasteiger partial charge in [0.1, 0.15) is 6.10 Å². The van der Waals surface area contributed by atoms with Crippen LogP contribution in [0.5, 0.6) is 5.88 Å². The number of carbonyl (C=O) groups is 1. The highest BCUT2D eigenvalue weighted by Crippen LogP contribution is 2.42. The second kappa shape index (κ2) is 11.9. The second-order valence-corrected chi connectivity index (χ2v) is 9.59. The Balaban J connectivity index is 0.000000890. The zero-order chi connectivity index (χ0) is 24.7. The Labute approximate surface area is 204 Å². The lowest BCUT2D eigenvalue weighted by molar-refractivity contribution is -0.108. The molecule has 1 saturated carbocycles. The first-order valence-electron chi connectivity index (χ1n) is 11.0. The maximum atomic E-state index is 11.5. The van der Waals surface area contributed by atoms with Crippen LogP contribution in [0.4, 0.5) is 0 Å². The summed E-state index contributed by atoms with van der Waals surface area (Å²) in [6.45, 7) is 7.64. The molecule has 3 rings (SSSR count). The van der Waals surface area contributed by atoms with Crippen LogP contribution in [0.15, 0.2) is 18.2 Å². The number of methoxy groups -OCH3 is 1. The maximum absolute atomic E-state index is 11.5. The number of benzene rings is 1. The van der Waals surface area contributed by atoms with Gasteiger partial charge >= 0.3 is 0 Å². The van der Waals surface area contributed by atoms with Crippen molar-refractivity contribution in [1.82, 2.24) is 4.98 Å². The van der Waals surface area contributed by atoms with Crippen molar-refractivity contribution in [2.45, 2.75) is 65.4 Å². The van der Waals surface area contributed by atoms with Crippen molar-refractivity contribution >= 4 is 20.6 Å². The normalized spacial score (nSPS) is 13.4. The molecule has 1 atom stereocenters. The topological polar surface area (TPSA) is 107 Å². The largest absolute Gasteiger partial charge is 0.481 e. The molecule has 1 aromatic carbocycles. The molecule has 0 aliphatic heterocycles. The minimum absolute atomic E-state index is 0.0208. The summed E-state index contributed by atoms with van der Waals surface area (Å²) < 4.78 is 5.59. The van der Waals surface area contributed by atoms with Gasteiger partial charge in [-0.1, -0.05) is 20.8 Å². The van der Waals surface area contributed by atoms with Crippen molar-refractivity contribution in [3.63, 3.8) is 0 Å². The number of aryl methyl sites for hydroxylation is 1. The number of hydrogen-bond donors (Lipinski definition) is 1. The molecule has 1 aromatic heterocycles. The number of hydrogen-bond acceptors (Lipinski definition) is 6. The number of ether oxygens (including phenoxy) is 1. The number of aliphatic hydroxyl groups is 1. The van der Waals surface area contributed by atoms with Crippen molar-refractivity contribution in [2.24, 2.45) is 5.92 Å². The van der Waals surface area contributed by atoms with Crippen molar-refractivity contribution in [2.75, 3.05) is 7.11 Å². The van der Waals surface area contributed by atoms with E-state index in [0.717, 1.165) is 35.2 Å². The van der Waals surface area contributed by atoms with E-state index in [2.05, 4.69) is 48.8 Å². The number of aliphatic hydroxyl groups excluding tert-OH is 1. The van der Waals surface area contributed by atoms with E-state index in [4.69, 9.17) is 9.72 Å². The predicted octanol–water partition coefficient (Wildman–Crippen LogP) is 5.48. The Morgan fingerprint density at radius 2 is 1.76 bits per heavy atom. The van der Waals surface area contributed by atoms with Crippen molar-refractivity contribution in [1.29, 1.82) is 10.5 Å². The van der Waals surface area contributed by atoms with Crippen LogP contribution in [-0.2, 0) is 17.6 Å². The molecule has 0 amide bonds. The fraction of sp³-hybridized carbons (Fsp3) is 0.462. The Morgan fingerprint density at radius 1 is 1.21 bits per heavy atom. The van der Waals surface area contributed by atoms with Gasteiger partial charge in [-0.25, -0.2) is 4.98 Å². The first-order chi connectivity index (χ1) is 15.7. The van der Waals surface area contributed by atoms with Gasteiger partial charge in [-0.3, -0.25) is 4.79 Å². The van der Waals surface area contributed by atoms with Crippen molar-refractivity contribution in [3.8, 4) is 18.0 Å². The van der Waals surface area contributed by atoms with Gasteiger partial charge in [0.05, 0.1) is 30.4 Å². The van der Waals surface area contributed by atoms with Crippen molar-refractivity contribution < 1.29 is 14.6 Å². The molecule has 1 N–H and O–H groups in total. The van der Waals surface area contributed by atoms with E-state index in [0.29, 0.717) is 28.5 Å². The van der Waals surface area contributed by atoms with Crippen molar-refractivity contribution in [3.05, 3.63) is 57.3 Å². The van der Waals surface area contributed by atoms with Crippen LogP contribution in [-0.4, -0.2) is 21.9 Å². The third kappa shape index (κ3) is 6.87. The lowest BCUT2D eigenvalue weighted by Gasteiger charge is -2.26. The molecule has 1 fully saturated rings. The lowest BCUT2D eigenvalue weighted by atomic mass is 9.84. The summed E-state index contributed by atoms with van der Waals surface area (Å²) in [6.07, 6.45) is 3.07. The molecule has 0 spiro atoms. The molecular weight excluding hydrogens is 482 g/mol. The van der Waals surface area contributed by atoms with Crippen LogP contribution in [0.3, 0.4) is 0 Å². The lowest BCUT2D eigenvalue weighted by Crippen LogP contribution is -2.16. The molecule has 1 aliphatic rings. The Morgan fingerprint density at radius 3 is 2.15 bits per heavy atom. The van der Waals surface area contributed by atoms with E-state index >= 15 is 0 Å². The predicted molar refractivity (Wildman–Crippen MR) is 130 cm³/mol. The first kappa shape index (κ1) is 26.5. The fourth-order valence-corrected chi connectivity index (χ4v) is 3.95. The summed E-state index contributed by atoms with van der Waals surface area (Å²) >= 11 is 2.63. The molecule has 1 unspecified atom stereocenters. The standard InChI is InChI=1S/C24H27N3O2.C2H3BrO/c1-5-20-19(11-15-6-7-15)22(21(14(2)3)24(27-20)29-4)23(28)18-9-16(12-25)8-17(10-18)13-26;1-2(3)4/h8-10,14-15,23,28H,5-7,11H2,1-4H3;1H3. The van der Waals surface area contributed by atoms with Gasteiger partial charge in [0, 0.05) is 18.2 Å². The van der Waals surface area contributed by atoms with Crippen LogP contribution in [0.1, 0.15) is 91.6 Å². The molecule has 1 heterocycles. The molecular formula is C26H30BrN3O3. The molecule has 0 bridgehead atoms. The fourth-order valence-electron chi connectivity index (χ4n) is 3.95. The average Bonchev–Trinajstić information content (AvgIpc) is 3.61. The summed E-state index contributed by atoms with van der Waals surface area (Å²) in [7, 11) is 1.61. The molecule has 33 heavy (non-hydrogen) atoms. The second-order valence-electron chi connectivity index (χ2n) is 8.47. The van der Waals surface area contributed by atoms with Gasteiger partial charge in [-0.05, 0) is 88.3 Å². The number of rotatable bonds is 7. The quantitative estimate of drug-likeness (QED) is 0.493. The smallest absolute Gasteiger partial charge is 0.217 e. The summed E-state index contributed by atoms with van der Waals surface area (Å²) in [5.74, 6) is 1.27. The highest BCUT2D eigenvalue weighted by atomic mass is 79.9. The summed E-state index contributed by atoms with van der Waals surface area (Å²) in [5.41, 5.74) is 5.05. The molecule has 0 radical (unpaired) electrons. The van der Waals surface area contributed by atoms with E-state index in [1.54, 1.807) is 19.2 Å². The minimum Gasteiger partial charge on any atom is -0.481 e. The van der Waals surface area contributed by atoms with E-state index < -0.39 is 6.10 Å². The SMILES string of the molecule is CC(=O)Br.CCc1nc(OC)c(C(C)C)c(C(O)c2cc(C#N)cc(C#N)c2)c1CC1CC1. The van der Waals surface area contributed by atoms with Crippen LogP contribution < -0.4 is 4.74 Å². The summed E-state index contributed by atoms with van der Waals surface area (Å²) in [6, 6.07) is 9.04. The van der Waals surface area contributed by atoms with E-state index in [-0.39, 0.29) is 10.6 Å². The number of carbonyl (C=O) groups excluding carboxylic acids is 1. The Hall–Kier alpha value is -2.74. The summed E-state index contributed by atoms with van der Waals surface area (Å²) in [5, 5.41) is 30.2. The van der Waals surface area contributed by atoms with Crippen LogP contribution >= 0.6 is 15.9 Å². The molecule has 6 nitrogen and oxygen atoms in total. The molecule has 174 valence electrons. The number of halogens is 1. The molecule has 1 aliphatic carbocycles. The zero-order valence-electron chi connectivity index (χ0n) is 19.8. The van der Waals surface area contributed by atoms with Gasteiger partial charge in [-0.15, -0.1) is 0 Å². The maximum Gasteiger partial charge on any atom is 0.217 e. The monoisotopic (exact) mass is 511 g/mol. The third-order valence-corrected chi connectivity index (χ3v) is 5.53. The molecule has 2 aromatic rings. The highest BCUT2D eigenvalue weighted by molar-refractivity contribution is 9.18. The zero-order valence-corrected chi connectivity index (χ0v) is 21.4. The summed E-state index contributed by atoms with van der Waals surface area (Å²) in [4.78, 5) is 14.1. The minimum atomic E-state index is -0.955. The van der Waals surface area contributed by atoms with E-state index in [1.807, 2.05) is 0 Å². The van der Waals surface area contributed by atoms with Crippen LogP contribution in [0, 0.1) is 28.6 Å². The number of nitriles is 2. The van der Waals surface area contributed by atoms with Gasteiger partial charge in [-0.2, -0.15) is 10.5 Å².